The van der Waals surface area contributed by atoms with Gasteiger partial charge in [0.25, 0.3) is 0 Å². The van der Waals surface area contributed by atoms with E-state index in [0.29, 0.717) is 0 Å². The van der Waals surface area contributed by atoms with Crippen LogP contribution in [0.4, 0.5) is 11.4 Å². The van der Waals surface area contributed by atoms with Gasteiger partial charge in [-0.2, -0.15) is 0 Å². The second-order valence-corrected chi connectivity index (χ2v) is 8.12. The number of nitrogens with one attached hydrogen (secondary N) is 1. The van der Waals surface area contributed by atoms with Crippen molar-refractivity contribution in [1.82, 2.24) is 0 Å². The Morgan fingerprint density at radius 3 is 2.68 bits per heavy atom. The third kappa shape index (κ3) is 5.12. The zero-order valence-corrected chi connectivity index (χ0v) is 17.7. The average Bonchev–Trinajstić information content (AvgIpc) is 3.06. The monoisotopic (exact) mass is 408 g/mol. The van der Waals surface area contributed by atoms with Crippen LogP contribution in [0, 0.1) is 0 Å². The fourth-order valence-electron chi connectivity index (χ4n) is 2.87. The summed E-state index contributed by atoms with van der Waals surface area (Å²) in [5.74, 6) is 0. The third-order valence-corrected chi connectivity index (χ3v) is 6.15. The Hall–Kier alpha value is -2.37. The van der Waals surface area contributed by atoms with Crippen molar-refractivity contribution >= 4 is 40.0 Å². The highest BCUT2D eigenvalue weighted by molar-refractivity contribution is 8.14. The predicted molar refractivity (Wildman–Crippen MR) is 123 cm³/mol. The molecule has 0 aliphatic carbocycles. The SMILES string of the molecule is CCNc1ccccc1SC(=O)/C=C/C=C/C=C1/Sc2ccccc2N1CC. The molecule has 144 valence electrons. The van der Waals surface area contributed by atoms with Crippen LogP contribution in [0.15, 0.2) is 93.7 Å². The molecular formula is C23H24N2OS2. The lowest BCUT2D eigenvalue weighted by atomic mass is 10.3. The van der Waals surface area contributed by atoms with Crippen molar-refractivity contribution in [3.8, 4) is 0 Å². The number of rotatable bonds is 7. The summed E-state index contributed by atoms with van der Waals surface area (Å²) in [5, 5.41) is 4.50. The molecule has 0 atom stereocenters. The van der Waals surface area contributed by atoms with Crippen molar-refractivity contribution in [3.63, 3.8) is 0 Å². The smallest absolute Gasteiger partial charge is 0.216 e. The molecule has 2 aromatic rings. The van der Waals surface area contributed by atoms with Gasteiger partial charge in [0.15, 0.2) is 0 Å². The van der Waals surface area contributed by atoms with Gasteiger partial charge in [-0.3, -0.25) is 4.79 Å². The van der Waals surface area contributed by atoms with Gasteiger partial charge < -0.3 is 10.2 Å². The summed E-state index contributed by atoms with van der Waals surface area (Å²) >= 11 is 3.01. The molecule has 0 amide bonds. The van der Waals surface area contributed by atoms with E-state index in [1.807, 2.05) is 43.3 Å². The molecule has 0 radical (unpaired) electrons. The molecule has 0 unspecified atom stereocenters. The first-order chi connectivity index (χ1) is 13.7. The quantitative estimate of drug-likeness (QED) is 0.329. The average molecular weight is 409 g/mol. The van der Waals surface area contributed by atoms with Crippen LogP contribution in [-0.2, 0) is 4.79 Å². The van der Waals surface area contributed by atoms with Crippen molar-refractivity contribution in [2.24, 2.45) is 0 Å². The number of thioether (sulfide) groups is 2. The van der Waals surface area contributed by atoms with Crippen LogP contribution in [0.1, 0.15) is 13.8 Å². The number of benzene rings is 2. The first-order valence-electron chi connectivity index (χ1n) is 9.37. The molecule has 3 nitrogen and oxygen atoms in total. The fourth-order valence-corrected chi connectivity index (χ4v) is 4.77. The standard InChI is InChI=1S/C23H24N2OS2/c1-3-24-18-12-8-10-14-20(18)28-23(26)17-7-5-6-16-22-25(4-2)19-13-9-11-15-21(19)27-22/h5-17,24H,3-4H2,1-2H3/b6-5+,17-7+,22-16+. The second kappa shape index (κ2) is 10.2. The number of anilines is 2. The van der Waals surface area contributed by atoms with Crippen molar-refractivity contribution in [3.05, 3.63) is 83.9 Å². The van der Waals surface area contributed by atoms with E-state index in [9.17, 15) is 4.79 Å². The summed E-state index contributed by atoms with van der Waals surface area (Å²) in [4.78, 5) is 16.8. The van der Waals surface area contributed by atoms with Crippen molar-refractivity contribution in [2.45, 2.75) is 23.6 Å². The molecule has 5 heteroatoms. The van der Waals surface area contributed by atoms with Gasteiger partial charge in [0.05, 0.1) is 10.7 Å². The fraction of sp³-hybridized carbons (Fsp3) is 0.174. The molecule has 1 N–H and O–H groups in total. The van der Waals surface area contributed by atoms with Gasteiger partial charge in [-0.15, -0.1) is 0 Å². The predicted octanol–water partition coefficient (Wildman–Crippen LogP) is 6.32. The van der Waals surface area contributed by atoms with Gasteiger partial charge in [0, 0.05) is 28.6 Å². The zero-order valence-electron chi connectivity index (χ0n) is 16.1. The Labute approximate surface area is 175 Å². The van der Waals surface area contributed by atoms with E-state index in [1.165, 1.54) is 27.4 Å². The molecule has 1 aliphatic heterocycles. The van der Waals surface area contributed by atoms with Crippen molar-refractivity contribution in [1.29, 1.82) is 0 Å². The van der Waals surface area contributed by atoms with E-state index in [2.05, 4.69) is 47.5 Å². The largest absolute Gasteiger partial charge is 0.384 e. The van der Waals surface area contributed by atoms with Crippen LogP contribution in [0.5, 0.6) is 0 Å². The van der Waals surface area contributed by atoms with Crippen molar-refractivity contribution in [2.75, 3.05) is 23.3 Å². The van der Waals surface area contributed by atoms with E-state index in [0.717, 1.165) is 23.7 Å². The lowest BCUT2D eigenvalue weighted by Gasteiger charge is -2.17. The normalized spacial score (nSPS) is 14.9. The van der Waals surface area contributed by atoms with E-state index in [-0.39, 0.29) is 5.12 Å². The Morgan fingerprint density at radius 1 is 1.07 bits per heavy atom. The minimum atomic E-state index is 0.0143. The van der Waals surface area contributed by atoms with Gasteiger partial charge in [0.2, 0.25) is 5.12 Å². The number of hydrogen-bond donors (Lipinski definition) is 1. The zero-order chi connectivity index (χ0) is 19.8. The number of hydrogen-bond acceptors (Lipinski definition) is 5. The minimum Gasteiger partial charge on any atom is -0.384 e. The summed E-state index contributed by atoms with van der Waals surface area (Å²) in [7, 11) is 0. The summed E-state index contributed by atoms with van der Waals surface area (Å²) in [6.45, 7) is 5.96. The summed E-state index contributed by atoms with van der Waals surface area (Å²) in [5.41, 5.74) is 2.26. The second-order valence-electron chi connectivity index (χ2n) is 6.01. The van der Waals surface area contributed by atoms with E-state index < -0.39 is 0 Å². The van der Waals surface area contributed by atoms with Gasteiger partial charge in [-0.05, 0) is 62.0 Å². The molecule has 2 aromatic carbocycles. The molecule has 3 rings (SSSR count). The van der Waals surface area contributed by atoms with Gasteiger partial charge in [-0.1, -0.05) is 54.3 Å². The van der Waals surface area contributed by atoms with Crippen LogP contribution < -0.4 is 10.2 Å². The minimum absolute atomic E-state index is 0.0143. The number of para-hydroxylation sites is 2. The lowest BCUT2D eigenvalue weighted by Crippen LogP contribution is -2.16. The Kier molecular flexibility index (Phi) is 7.46. The molecule has 0 saturated carbocycles. The Balaban J connectivity index is 1.58. The van der Waals surface area contributed by atoms with Crippen molar-refractivity contribution < 1.29 is 4.79 Å². The molecule has 0 fully saturated rings. The van der Waals surface area contributed by atoms with Crippen LogP contribution in [-0.4, -0.2) is 18.2 Å². The Bertz CT molecular complexity index is 918. The molecule has 1 heterocycles. The first-order valence-corrected chi connectivity index (χ1v) is 11.0. The van der Waals surface area contributed by atoms with E-state index in [1.54, 1.807) is 23.9 Å². The summed E-state index contributed by atoms with van der Waals surface area (Å²) in [6, 6.07) is 16.3. The molecule has 28 heavy (non-hydrogen) atoms. The molecule has 0 bridgehead atoms. The molecule has 0 spiro atoms. The van der Waals surface area contributed by atoms with E-state index in [4.69, 9.17) is 0 Å². The Morgan fingerprint density at radius 2 is 1.86 bits per heavy atom. The van der Waals surface area contributed by atoms with Crippen LogP contribution in [0.2, 0.25) is 0 Å². The number of allylic oxidation sites excluding steroid dienone is 4. The third-order valence-electron chi connectivity index (χ3n) is 4.11. The molecule has 0 saturated heterocycles. The highest BCUT2D eigenvalue weighted by Gasteiger charge is 2.22. The number of nitrogens with zero attached hydrogens (tertiary/aromatic N) is 1. The maximum Gasteiger partial charge on any atom is 0.216 e. The number of fused-ring (bicyclic) bond motifs is 1. The van der Waals surface area contributed by atoms with Crippen LogP contribution >= 0.6 is 23.5 Å². The van der Waals surface area contributed by atoms with Crippen LogP contribution in [0.3, 0.4) is 0 Å². The number of carbonyl (C=O) groups excluding carboxylic acids is 1. The highest BCUT2D eigenvalue weighted by Crippen LogP contribution is 2.45. The van der Waals surface area contributed by atoms with Gasteiger partial charge in [-0.25, -0.2) is 0 Å². The molecular weight excluding hydrogens is 384 g/mol. The summed E-state index contributed by atoms with van der Waals surface area (Å²) in [6.07, 6.45) is 9.38. The van der Waals surface area contributed by atoms with E-state index >= 15 is 0 Å². The topological polar surface area (TPSA) is 32.3 Å². The van der Waals surface area contributed by atoms with Crippen LogP contribution in [0.25, 0.3) is 0 Å². The maximum absolute atomic E-state index is 12.2. The first kappa shape index (κ1) is 20.4. The maximum atomic E-state index is 12.2. The molecule has 1 aliphatic rings. The lowest BCUT2D eigenvalue weighted by molar-refractivity contribution is -0.107. The highest BCUT2D eigenvalue weighted by atomic mass is 32.2. The van der Waals surface area contributed by atoms with Gasteiger partial charge in [0.1, 0.15) is 0 Å². The number of carbonyl (C=O) groups is 1. The summed E-state index contributed by atoms with van der Waals surface area (Å²) < 4.78 is 0. The van der Waals surface area contributed by atoms with Gasteiger partial charge >= 0.3 is 0 Å². The molecule has 0 aromatic heterocycles.